The van der Waals surface area contributed by atoms with Gasteiger partial charge < -0.3 is 15.4 Å². The number of methoxy groups -OCH3 is 1. The molecule has 3 nitrogen and oxygen atoms in total. The topological polar surface area (TPSA) is 38.5 Å². The third-order valence-electron chi connectivity index (χ3n) is 2.98. The van der Waals surface area contributed by atoms with Crippen LogP contribution in [0.4, 0.5) is 0 Å². The van der Waals surface area contributed by atoms with Crippen LogP contribution in [0, 0.1) is 5.41 Å². The van der Waals surface area contributed by atoms with Gasteiger partial charge in [-0.05, 0) is 32.9 Å². The zero-order valence-corrected chi connectivity index (χ0v) is 10.5. The Morgan fingerprint density at radius 2 is 1.86 bits per heavy atom. The molecule has 3 heteroatoms. The molecule has 0 amide bonds. The Morgan fingerprint density at radius 3 is 2.21 bits per heavy atom. The van der Waals surface area contributed by atoms with Crippen molar-refractivity contribution >= 4 is 0 Å². The molecule has 0 aromatic rings. The predicted molar refractivity (Wildman–Crippen MR) is 61.4 cm³/mol. The van der Waals surface area contributed by atoms with Gasteiger partial charge >= 0.3 is 0 Å². The number of hydrogen-bond donors (Lipinski definition) is 1. The van der Waals surface area contributed by atoms with Crippen molar-refractivity contribution in [3.63, 3.8) is 0 Å². The molecule has 0 rings (SSSR count). The fourth-order valence-electron chi connectivity index (χ4n) is 1.44. The second kappa shape index (κ2) is 5.69. The monoisotopic (exact) mass is 202 g/mol. The minimum atomic E-state index is 0.177. The summed E-state index contributed by atoms with van der Waals surface area (Å²) >= 11 is 0. The van der Waals surface area contributed by atoms with E-state index in [1.165, 1.54) is 0 Å². The second-order valence-corrected chi connectivity index (χ2v) is 4.96. The summed E-state index contributed by atoms with van der Waals surface area (Å²) in [5.74, 6) is 0. The highest BCUT2D eigenvalue weighted by atomic mass is 16.5. The number of likely N-dealkylation sites (N-methyl/N-ethyl adjacent to an activating group) is 1. The van der Waals surface area contributed by atoms with E-state index >= 15 is 0 Å². The molecule has 86 valence electrons. The molecule has 14 heavy (non-hydrogen) atoms. The van der Waals surface area contributed by atoms with Gasteiger partial charge in [0.1, 0.15) is 0 Å². The van der Waals surface area contributed by atoms with Crippen molar-refractivity contribution < 1.29 is 4.74 Å². The molecule has 0 aliphatic heterocycles. The first kappa shape index (κ1) is 13.9. The summed E-state index contributed by atoms with van der Waals surface area (Å²) in [5, 5.41) is 0. The van der Waals surface area contributed by atoms with Crippen molar-refractivity contribution in [3.05, 3.63) is 0 Å². The number of ether oxygens (including phenoxy) is 1. The van der Waals surface area contributed by atoms with Gasteiger partial charge in [-0.3, -0.25) is 0 Å². The van der Waals surface area contributed by atoms with Crippen LogP contribution >= 0.6 is 0 Å². The van der Waals surface area contributed by atoms with Crippen molar-refractivity contribution in [1.82, 2.24) is 4.90 Å². The molecular weight excluding hydrogens is 176 g/mol. The van der Waals surface area contributed by atoms with Gasteiger partial charge in [0.2, 0.25) is 0 Å². The van der Waals surface area contributed by atoms with Gasteiger partial charge in [-0.15, -0.1) is 0 Å². The minimum Gasteiger partial charge on any atom is -0.380 e. The van der Waals surface area contributed by atoms with Crippen LogP contribution in [0.2, 0.25) is 0 Å². The number of rotatable bonds is 6. The normalized spacial score (nSPS) is 17.1. The zero-order chi connectivity index (χ0) is 11.4. The van der Waals surface area contributed by atoms with Crippen molar-refractivity contribution in [2.24, 2.45) is 11.1 Å². The van der Waals surface area contributed by atoms with Gasteiger partial charge in [-0.25, -0.2) is 0 Å². The quantitative estimate of drug-likeness (QED) is 0.706. The molecule has 0 saturated carbocycles. The van der Waals surface area contributed by atoms with E-state index in [2.05, 4.69) is 39.6 Å². The Bertz CT molecular complexity index is 159. The third kappa shape index (κ3) is 4.40. The van der Waals surface area contributed by atoms with E-state index in [0.717, 1.165) is 6.54 Å². The Balaban J connectivity index is 4.13. The van der Waals surface area contributed by atoms with Crippen molar-refractivity contribution in [2.75, 3.05) is 27.2 Å². The van der Waals surface area contributed by atoms with Crippen LogP contribution < -0.4 is 5.73 Å². The maximum atomic E-state index is 5.71. The second-order valence-electron chi connectivity index (χ2n) is 4.96. The summed E-state index contributed by atoms with van der Waals surface area (Å²) in [5.41, 5.74) is 5.88. The summed E-state index contributed by atoms with van der Waals surface area (Å²) < 4.78 is 5.31. The highest BCUT2D eigenvalue weighted by Crippen LogP contribution is 2.16. The van der Waals surface area contributed by atoms with E-state index < -0.39 is 0 Å². The van der Waals surface area contributed by atoms with Crippen molar-refractivity contribution in [2.45, 2.75) is 39.8 Å². The lowest BCUT2D eigenvalue weighted by Gasteiger charge is -2.35. The molecule has 0 fully saturated rings. The van der Waals surface area contributed by atoms with Gasteiger partial charge in [0.25, 0.3) is 0 Å². The SMILES string of the molecule is COC(C)C(C)N(C)CC(C)(C)CN. The van der Waals surface area contributed by atoms with E-state index in [0.29, 0.717) is 12.6 Å². The van der Waals surface area contributed by atoms with E-state index in [4.69, 9.17) is 10.5 Å². The largest absolute Gasteiger partial charge is 0.380 e. The zero-order valence-electron chi connectivity index (χ0n) is 10.5. The molecule has 0 spiro atoms. The van der Waals surface area contributed by atoms with E-state index in [1.807, 2.05) is 0 Å². The summed E-state index contributed by atoms with van der Waals surface area (Å²) in [4.78, 5) is 2.31. The third-order valence-corrected chi connectivity index (χ3v) is 2.98. The van der Waals surface area contributed by atoms with Gasteiger partial charge in [-0.2, -0.15) is 0 Å². The summed E-state index contributed by atoms with van der Waals surface area (Å²) in [6.07, 6.45) is 0.258. The Labute approximate surface area is 88.6 Å². The fraction of sp³-hybridized carbons (Fsp3) is 1.00. The van der Waals surface area contributed by atoms with Gasteiger partial charge in [0, 0.05) is 19.7 Å². The van der Waals surface area contributed by atoms with Crippen LogP contribution in [0.1, 0.15) is 27.7 Å². The predicted octanol–water partition coefficient (Wildman–Crippen LogP) is 1.33. The standard InChI is InChI=1S/C11H26N2O/c1-9(10(2)14-6)13(5)8-11(3,4)7-12/h9-10H,7-8,12H2,1-6H3. The van der Waals surface area contributed by atoms with Crippen LogP contribution in [-0.4, -0.2) is 44.3 Å². The first-order valence-electron chi connectivity index (χ1n) is 5.27. The molecule has 0 radical (unpaired) electrons. The molecule has 0 aliphatic carbocycles. The van der Waals surface area contributed by atoms with E-state index in [1.54, 1.807) is 7.11 Å². The van der Waals surface area contributed by atoms with Crippen molar-refractivity contribution in [3.8, 4) is 0 Å². The molecule has 2 N–H and O–H groups in total. The molecular formula is C11H26N2O. The Hall–Kier alpha value is -0.120. The fourth-order valence-corrected chi connectivity index (χ4v) is 1.44. The molecule has 0 saturated heterocycles. The molecule has 0 aliphatic rings. The van der Waals surface area contributed by atoms with Crippen LogP contribution in [0.3, 0.4) is 0 Å². The molecule has 0 heterocycles. The van der Waals surface area contributed by atoms with Crippen LogP contribution in [-0.2, 0) is 4.74 Å². The lowest BCUT2D eigenvalue weighted by molar-refractivity contribution is 0.0314. The maximum absolute atomic E-state index is 5.71. The number of nitrogens with zero attached hydrogens (tertiary/aromatic N) is 1. The molecule has 0 aromatic carbocycles. The van der Waals surface area contributed by atoms with Crippen LogP contribution in [0.15, 0.2) is 0 Å². The molecule has 0 bridgehead atoms. The summed E-state index contributed by atoms with van der Waals surface area (Å²) in [6.45, 7) is 10.4. The smallest absolute Gasteiger partial charge is 0.0695 e. The lowest BCUT2D eigenvalue weighted by Crippen LogP contribution is -2.45. The summed E-state index contributed by atoms with van der Waals surface area (Å²) in [7, 11) is 3.88. The molecule has 0 aromatic heterocycles. The van der Waals surface area contributed by atoms with Crippen LogP contribution in [0.25, 0.3) is 0 Å². The Kier molecular flexibility index (Phi) is 5.64. The van der Waals surface area contributed by atoms with Gasteiger partial charge in [-0.1, -0.05) is 13.8 Å². The highest BCUT2D eigenvalue weighted by Gasteiger charge is 2.23. The van der Waals surface area contributed by atoms with E-state index in [9.17, 15) is 0 Å². The highest BCUT2D eigenvalue weighted by molar-refractivity contribution is 4.78. The molecule has 2 unspecified atom stereocenters. The maximum Gasteiger partial charge on any atom is 0.0695 e. The average molecular weight is 202 g/mol. The van der Waals surface area contributed by atoms with Gasteiger partial charge in [0.05, 0.1) is 6.10 Å². The Morgan fingerprint density at radius 1 is 1.36 bits per heavy atom. The minimum absolute atomic E-state index is 0.177. The van der Waals surface area contributed by atoms with Crippen LogP contribution in [0.5, 0.6) is 0 Å². The first-order chi connectivity index (χ1) is 6.34. The van der Waals surface area contributed by atoms with E-state index in [-0.39, 0.29) is 11.5 Å². The average Bonchev–Trinajstić information content (AvgIpc) is 2.14. The van der Waals surface area contributed by atoms with Crippen molar-refractivity contribution in [1.29, 1.82) is 0 Å². The van der Waals surface area contributed by atoms with Gasteiger partial charge in [0.15, 0.2) is 0 Å². The first-order valence-corrected chi connectivity index (χ1v) is 5.27. The number of nitrogens with two attached hydrogens (primary N) is 1. The summed E-state index contributed by atoms with van der Waals surface area (Å²) in [6, 6.07) is 0.422. The lowest BCUT2D eigenvalue weighted by atomic mass is 9.92. The molecule has 2 atom stereocenters. The number of hydrogen-bond acceptors (Lipinski definition) is 3.